The number of rotatable bonds is 12. The van der Waals surface area contributed by atoms with Crippen molar-refractivity contribution in [3.05, 3.63) is 107 Å². The fraction of sp³-hybridized carbons (Fsp3) is 0.421. The number of carbonyl (C=O) groups excluding carboxylic acids is 2. The number of hydrogen-bond acceptors (Lipinski definition) is 8. The smallest absolute Gasteiger partial charge is 0.282 e. The SMILES string of the molecule is O=C(Cc1cccc(N2CC(F)(F)C2)c1)Cc1ccc([C@H]2CCC[C@H](c3ccc(CC(=O)Cc4cccc(N5CC(F)(F)C5)c4)nn3)C2)nn1. The third-order valence-corrected chi connectivity index (χ3v) is 9.79. The fourth-order valence-corrected chi connectivity index (χ4v) is 7.19. The molecule has 0 radical (unpaired) electrons. The van der Waals surface area contributed by atoms with Crippen LogP contribution < -0.4 is 9.80 Å². The summed E-state index contributed by atoms with van der Waals surface area (Å²) in [6.07, 6.45) is 4.47. The molecular formula is C38H38F4N6O2. The van der Waals surface area contributed by atoms with Gasteiger partial charge < -0.3 is 9.80 Å². The van der Waals surface area contributed by atoms with Gasteiger partial charge in [-0.25, -0.2) is 17.6 Å². The number of halogens is 4. The average molecular weight is 687 g/mol. The molecule has 8 nitrogen and oxygen atoms in total. The van der Waals surface area contributed by atoms with Crippen molar-refractivity contribution in [2.24, 2.45) is 0 Å². The highest BCUT2D eigenvalue weighted by molar-refractivity contribution is 5.83. The Morgan fingerprint density at radius 3 is 1.42 bits per heavy atom. The molecule has 0 amide bonds. The van der Waals surface area contributed by atoms with Crippen molar-refractivity contribution in [3.63, 3.8) is 0 Å². The van der Waals surface area contributed by atoms with Crippen LogP contribution in [0.1, 0.15) is 71.4 Å². The molecule has 2 atom stereocenters. The Morgan fingerprint density at radius 2 is 1.04 bits per heavy atom. The lowest BCUT2D eigenvalue weighted by Crippen LogP contribution is -2.56. The monoisotopic (exact) mass is 686 g/mol. The second-order valence-corrected chi connectivity index (χ2v) is 14.0. The maximum atomic E-state index is 13.3. The van der Waals surface area contributed by atoms with E-state index in [9.17, 15) is 27.2 Å². The highest BCUT2D eigenvalue weighted by Crippen LogP contribution is 2.40. The molecular weight excluding hydrogens is 648 g/mol. The van der Waals surface area contributed by atoms with E-state index in [1.165, 1.54) is 0 Å². The number of benzene rings is 2. The lowest BCUT2D eigenvalue weighted by molar-refractivity contribution is -0.118. The number of ketones is 2. The molecule has 4 heterocycles. The van der Waals surface area contributed by atoms with Gasteiger partial charge in [0.1, 0.15) is 11.6 Å². The topological polar surface area (TPSA) is 92.2 Å². The molecule has 12 heteroatoms. The predicted octanol–water partition coefficient (Wildman–Crippen LogP) is 6.33. The van der Waals surface area contributed by atoms with Crippen LogP contribution in [0, 0.1) is 0 Å². The fourth-order valence-electron chi connectivity index (χ4n) is 7.19. The molecule has 50 heavy (non-hydrogen) atoms. The van der Waals surface area contributed by atoms with Gasteiger partial charge in [0, 0.05) is 36.1 Å². The molecule has 0 bridgehead atoms. The Hall–Kier alpha value is -4.74. The summed E-state index contributed by atoms with van der Waals surface area (Å²) in [5.74, 6) is -4.96. The van der Waals surface area contributed by atoms with E-state index < -0.39 is 11.8 Å². The van der Waals surface area contributed by atoms with Crippen LogP contribution in [0.25, 0.3) is 0 Å². The van der Waals surface area contributed by atoms with Crippen molar-refractivity contribution in [1.29, 1.82) is 0 Å². The van der Waals surface area contributed by atoms with Gasteiger partial charge in [-0.1, -0.05) is 30.7 Å². The molecule has 1 saturated carbocycles. The number of Topliss-reactive ketones (excluding diaryl/α,β-unsaturated/α-hetero) is 2. The maximum Gasteiger partial charge on any atom is 0.282 e. The molecule has 3 fully saturated rings. The molecule has 0 spiro atoms. The summed E-state index contributed by atoms with van der Waals surface area (Å²) in [4.78, 5) is 28.8. The Bertz CT molecular complexity index is 1700. The third kappa shape index (κ3) is 8.17. The average Bonchev–Trinajstić information content (AvgIpc) is 3.07. The predicted molar refractivity (Wildman–Crippen MR) is 180 cm³/mol. The molecule has 3 aliphatic rings. The zero-order chi connectivity index (χ0) is 34.9. The van der Waals surface area contributed by atoms with Gasteiger partial charge in [0.05, 0.1) is 61.8 Å². The summed E-state index contributed by atoms with van der Waals surface area (Å²) in [6.45, 7) is -1.21. The summed E-state index contributed by atoms with van der Waals surface area (Å²) in [7, 11) is 0. The first kappa shape index (κ1) is 33.7. The van der Waals surface area contributed by atoms with Crippen molar-refractivity contribution in [2.75, 3.05) is 36.0 Å². The molecule has 7 rings (SSSR count). The van der Waals surface area contributed by atoms with E-state index in [4.69, 9.17) is 0 Å². The number of hydrogen-bond donors (Lipinski definition) is 0. The quantitative estimate of drug-likeness (QED) is 0.160. The second kappa shape index (κ2) is 13.9. The minimum atomic E-state index is -2.65. The number of alkyl halides is 4. The van der Waals surface area contributed by atoms with Crippen LogP contribution in [0.2, 0.25) is 0 Å². The van der Waals surface area contributed by atoms with E-state index in [0.717, 1.165) is 48.2 Å². The van der Waals surface area contributed by atoms with Crippen LogP contribution in [0.3, 0.4) is 0 Å². The Labute approximate surface area is 287 Å². The molecule has 2 aromatic heterocycles. The van der Waals surface area contributed by atoms with Gasteiger partial charge in [0.2, 0.25) is 0 Å². The minimum absolute atomic E-state index is 0.0226. The zero-order valence-electron chi connectivity index (χ0n) is 27.6. The molecule has 2 aromatic carbocycles. The summed E-state index contributed by atoms with van der Waals surface area (Å²) >= 11 is 0. The number of nitrogens with zero attached hydrogens (tertiary/aromatic N) is 6. The van der Waals surface area contributed by atoms with Crippen LogP contribution in [0.15, 0.2) is 72.8 Å². The van der Waals surface area contributed by atoms with Gasteiger partial charge in [-0.05, 0) is 78.9 Å². The minimum Gasteiger partial charge on any atom is -0.359 e. The molecule has 2 saturated heterocycles. The second-order valence-electron chi connectivity index (χ2n) is 14.0. The van der Waals surface area contributed by atoms with Crippen LogP contribution >= 0.6 is 0 Å². The van der Waals surface area contributed by atoms with Crippen LogP contribution in [-0.4, -0.2) is 70.0 Å². The molecule has 260 valence electrons. The summed E-state index contributed by atoms with van der Waals surface area (Å²) < 4.78 is 53.1. The van der Waals surface area contributed by atoms with Crippen molar-refractivity contribution >= 4 is 22.9 Å². The van der Waals surface area contributed by atoms with E-state index in [1.54, 1.807) is 46.2 Å². The largest absolute Gasteiger partial charge is 0.359 e. The van der Waals surface area contributed by atoms with Gasteiger partial charge in [-0.15, -0.1) is 0 Å². The summed E-state index contributed by atoms with van der Waals surface area (Å²) in [5, 5.41) is 17.7. The highest BCUT2D eigenvalue weighted by Gasteiger charge is 2.44. The van der Waals surface area contributed by atoms with Gasteiger partial charge in [-0.2, -0.15) is 20.4 Å². The molecule has 0 N–H and O–H groups in total. The van der Waals surface area contributed by atoms with E-state index in [1.807, 2.05) is 36.4 Å². The molecule has 2 aliphatic heterocycles. The van der Waals surface area contributed by atoms with E-state index in [2.05, 4.69) is 20.4 Å². The Morgan fingerprint density at radius 1 is 0.600 bits per heavy atom. The third-order valence-electron chi connectivity index (χ3n) is 9.79. The number of aromatic nitrogens is 4. The van der Waals surface area contributed by atoms with Gasteiger partial charge in [0.25, 0.3) is 11.8 Å². The number of anilines is 2. The summed E-state index contributed by atoms with van der Waals surface area (Å²) in [5.41, 5.74) is 5.91. The lowest BCUT2D eigenvalue weighted by Gasteiger charge is -2.40. The van der Waals surface area contributed by atoms with E-state index in [-0.39, 0.29) is 75.3 Å². The maximum absolute atomic E-state index is 13.3. The zero-order valence-corrected chi connectivity index (χ0v) is 27.6. The first-order valence-corrected chi connectivity index (χ1v) is 17.1. The molecule has 1 aliphatic carbocycles. The Kier molecular flexibility index (Phi) is 9.36. The van der Waals surface area contributed by atoms with Crippen molar-refractivity contribution in [1.82, 2.24) is 20.4 Å². The molecule has 4 aromatic rings. The van der Waals surface area contributed by atoms with Gasteiger partial charge in [-0.3, -0.25) is 9.59 Å². The van der Waals surface area contributed by atoms with Gasteiger partial charge in [0.15, 0.2) is 0 Å². The highest BCUT2D eigenvalue weighted by atomic mass is 19.3. The lowest BCUT2D eigenvalue weighted by atomic mass is 9.78. The first-order chi connectivity index (χ1) is 24.0. The molecule has 0 unspecified atom stereocenters. The van der Waals surface area contributed by atoms with Crippen molar-refractivity contribution in [3.8, 4) is 0 Å². The van der Waals surface area contributed by atoms with Gasteiger partial charge >= 0.3 is 0 Å². The number of carbonyl (C=O) groups is 2. The van der Waals surface area contributed by atoms with Crippen molar-refractivity contribution < 1.29 is 27.2 Å². The van der Waals surface area contributed by atoms with Crippen molar-refractivity contribution in [2.45, 2.75) is 75.0 Å². The first-order valence-electron chi connectivity index (χ1n) is 17.1. The Balaban J connectivity index is 0.887. The van der Waals surface area contributed by atoms with Crippen LogP contribution in [-0.2, 0) is 35.3 Å². The van der Waals surface area contributed by atoms with Crippen LogP contribution in [0.5, 0.6) is 0 Å². The standard InChI is InChI=1S/C38H38F4N6O2/c39-37(40)21-47(22-37)31-8-1-4-25(14-31)16-33(49)19-29-10-12-35(45-43-29)27-6-3-7-28(18-27)36-13-11-30(44-46-36)20-34(50)17-26-5-2-9-32(15-26)48-23-38(41,42)24-48/h1-2,4-5,8-15,27-28H,3,6-7,16-24H2/t27-,28-/m0/s1. The summed E-state index contributed by atoms with van der Waals surface area (Å²) in [6, 6.07) is 22.0. The van der Waals surface area contributed by atoms with E-state index >= 15 is 0 Å². The normalized spacial score (nSPS) is 20.9. The van der Waals surface area contributed by atoms with Crippen LogP contribution in [0.4, 0.5) is 28.9 Å². The van der Waals surface area contributed by atoms with E-state index in [0.29, 0.717) is 22.8 Å².